The van der Waals surface area contributed by atoms with E-state index in [0.717, 1.165) is 29.7 Å². The Morgan fingerprint density at radius 2 is 1.87 bits per heavy atom. The number of nitrogens with zero attached hydrogens (tertiary/aromatic N) is 1. The summed E-state index contributed by atoms with van der Waals surface area (Å²) in [5.41, 5.74) is 3.69. The van der Waals surface area contributed by atoms with E-state index in [2.05, 4.69) is 5.16 Å². The Hall–Kier alpha value is -3.28. The molecule has 30 heavy (non-hydrogen) atoms. The first-order valence-corrected chi connectivity index (χ1v) is 9.96. The van der Waals surface area contributed by atoms with Crippen LogP contribution in [0, 0.1) is 0 Å². The number of carbonyl (C=O) groups is 1. The first kappa shape index (κ1) is 23.0. The maximum absolute atomic E-state index is 12.2. The molecule has 0 unspecified atom stereocenters. The standard InChI is InChI=1S/C24H29NO5/c1-5-14-30-25-23(6-2)18-11-9-12-20(15-18)29-16-19-10-7-8-13-21(19)22(17-27-3)24(26)28-4/h7-13,15,17H,5-6,14,16H2,1-4H3/b22-17-,25-23+. The Morgan fingerprint density at radius 3 is 2.57 bits per heavy atom. The first-order valence-electron chi connectivity index (χ1n) is 9.96. The number of oxime groups is 1. The Labute approximate surface area is 178 Å². The first-order chi connectivity index (χ1) is 14.6. The van der Waals surface area contributed by atoms with Gasteiger partial charge in [-0.25, -0.2) is 4.79 Å². The van der Waals surface area contributed by atoms with E-state index >= 15 is 0 Å². The monoisotopic (exact) mass is 411 g/mol. The minimum Gasteiger partial charge on any atom is -0.503 e. The molecule has 2 aromatic carbocycles. The van der Waals surface area contributed by atoms with Gasteiger partial charge in [-0.05, 0) is 36.1 Å². The maximum atomic E-state index is 12.2. The van der Waals surface area contributed by atoms with Gasteiger partial charge < -0.3 is 19.0 Å². The van der Waals surface area contributed by atoms with Crippen LogP contribution in [0.2, 0.25) is 0 Å². The number of methoxy groups -OCH3 is 2. The van der Waals surface area contributed by atoms with Crippen LogP contribution in [-0.2, 0) is 25.7 Å². The molecule has 6 heteroatoms. The summed E-state index contributed by atoms with van der Waals surface area (Å²) in [6.07, 6.45) is 3.04. The van der Waals surface area contributed by atoms with Gasteiger partial charge in [0.1, 0.15) is 24.5 Å². The average Bonchev–Trinajstić information content (AvgIpc) is 2.79. The second-order valence-corrected chi connectivity index (χ2v) is 6.46. The lowest BCUT2D eigenvalue weighted by Gasteiger charge is -2.13. The number of hydrogen-bond donors (Lipinski definition) is 0. The lowest BCUT2D eigenvalue weighted by atomic mass is 10.0. The van der Waals surface area contributed by atoms with Crippen LogP contribution in [0.5, 0.6) is 5.75 Å². The average molecular weight is 411 g/mol. The molecule has 0 aliphatic carbocycles. The Morgan fingerprint density at radius 1 is 1.07 bits per heavy atom. The van der Waals surface area contributed by atoms with Gasteiger partial charge in [0.05, 0.1) is 26.2 Å². The molecule has 2 rings (SSSR count). The summed E-state index contributed by atoms with van der Waals surface area (Å²) >= 11 is 0. The smallest absolute Gasteiger partial charge is 0.341 e. The van der Waals surface area contributed by atoms with Crippen LogP contribution in [0.3, 0.4) is 0 Å². The van der Waals surface area contributed by atoms with Gasteiger partial charge >= 0.3 is 5.97 Å². The van der Waals surface area contributed by atoms with E-state index in [9.17, 15) is 4.79 Å². The third-order valence-corrected chi connectivity index (χ3v) is 4.32. The fourth-order valence-electron chi connectivity index (χ4n) is 2.82. The van der Waals surface area contributed by atoms with Gasteiger partial charge in [0.25, 0.3) is 0 Å². The lowest BCUT2D eigenvalue weighted by Crippen LogP contribution is -2.08. The fourth-order valence-corrected chi connectivity index (χ4v) is 2.82. The van der Waals surface area contributed by atoms with Crippen LogP contribution < -0.4 is 4.74 Å². The number of esters is 1. The number of ether oxygens (including phenoxy) is 3. The maximum Gasteiger partial charge on any atom is 0.341 e. The van der Waals surface area contributed by atoms with Crippen molar-refractivity contribution in [1.82, 2.24) is 0 Å². The van der Waals surface area contributed by atoms with E-state index < -0.39 is 5.97 Å². The minimum atomic E-state index is -0.470. The quantitative estimate of drug-likeness (QED) is 0.130. The highest BCUT2D eigenvalue weighted by atomic mass is 16.6. The summed E-state index contributed by atoms with van der Waals surface area (Å²) in [6.45, 7) is 4.95. The van der Waals surface area contributed by atoms with Crippen molar-refractivity contribution in [3.63, 3.8) is 0 Å². The van der Waals surface area contributed by atoms with E-state index in [-0.39, 0.29) is 6.61 Å². The molecule has 6 nitrogen and oxygen atoms in total. The van der Waals surface area contributed by atoms with Gasteiger partial charge in [-0.15, -0.1) is 0 Å². The molecule has 0 aliphatic heterocycles. The molecule has 160 valence electrons. The molecular formula is C24H29NO5. The van der Waals surface area contributed by atoms with Gasteiger partial charge in [-0.2, -0.15) is 0 Å². The summed E-state index contributed by atoms with van der Waals surface area (Å²) in [6, 6.07) is 15.2. The molecule has 2 aromatic rings. The zero-order chi connectivity index (χ0) is 21.8. The summed E-state index contributed by atoms with van der Waals surface area (Å²) in [5.74, 6) is 0.233. The van der Waals surface area contributed by atoms with E-state index in [4.69, 9.17) is 19.0 Å². The van der Waals surface area contributed by atoms with Crippen LogP contribution in [0.15, 0.2) is 59.9 Å². The van der Waals surface area contributed by atoms with E-state index in [1.807, 2.05) is 62.4 Å². The second kappa shape index (κ2) is 12.3. The summed E-state index contributed by atoms with van der Waals surface area (Å²) in [4.78, 5) is 17.5. The Bertz CT molecular complexity index is 889. The third kappa shape index (κ3) is 6.37. The summed E-state index contributed by atoms with van der Waals surface area (Å²) in [7, 11) is 2.83. The predicted octanol–water partition coefficient (Wildman–Crippen LogP) is 4.97. The molecular weight excluding hydrogens is 382 g/mol. The Balaban J connectivity index is 2.22. The van der Waals surface area contributed by atoms with Crippen LogP contribution in [0.25, 0.3) is 5.57 Å². The summed E-state index contributed by atoms with van der Waals surface area (Å²) < 4.78 is 16.0. The Kier molecular flexibility index (Phi) is 9.45. The van der Waals surface area contributed by atoms with Gasteiger partial charge in [0.15, 0.2) is 0 Å². The van der Waals surface area contributed by atoms with Crippen LogP contribution in [0.4, 0.5) is 0 Å². The lowest BCUT2D eigenvalue weighted by molar-refractivity contribution is -0.133. The zero-order valence-electron chi connectivity index (χ0n) is 18.0. The molecule has 0 aromatic heterocycles. The van der Waals surface area contributed by atoms with Crippen molar-refractivity contribution in [2.24, 2.45) is 5.16 Å². The number of rotatable bonds is 11. The molecule has 0 atom stereocenters. The van der Waals surface area contributed by atoms with Crippen molar-refractivity contribution in [3.8, 4) is 5.75 Å². The molecule has 0 saturated heterocycles. The third-order valence-electron chi connectivity index (χ3n) is 4.32. The highest BCUT2D eigenvalue weighted by Gasteiger charge is 2.17. The van der Waals surface area contributed by atoms with Crippen molar-refractivity contribution in [2.75, 3.05) is 20.8 Å². The van der Waals surface area contributed by atoms with Crippen molar-refractivity contribution in [2.45, 2.75) is 33.3 Å². The van der Waals surface area contributed by atoms with Crippen molar-refractivity contribution in [3.05, 3.63) is 71.5 Å². The van der Waals surface area contributed by atoms with Gasteiger partial charge in [-0.1, -0.05) is 55.4 Å². The van der Waals surface area contributed by atoms with Crippen molar-refractivity contribution < 1.29 is 23.8 Å². The zero-order valence-corrected chi connectivity index (χ0v) is 18.0. The molecule has 0 bridgehead atoms. The van der Waals surface area contributed by atoms with Crippen molar-refractivity contribution >= 4 is 17.3 Å². The molecule has 0 amide bonds. The largest absolute Gasteiger partial charge is 0.503 e. The molecule has 0 fully saturated rings. The van der Waals surface area contributed by atoms with E-state index in [1.165, 1.54) is 20.5 Å². The molecule has 0 radical (unpaired) electrons. The second-order valence-electron chi connectivity index (χ2n) is 6.46. The normalized spacial score (nSPS) is 11.7. The van der Waals surface area contributed by atoms with Crippen LogP contribution in [0.1, 0.15) is 43.4 Å². The van der Waals surface area contributed by atoms with E-state index in [0.29, 0.717) is 23.5 Å². The van der Waals surface area contributed by atoms with Crippen LogP contribution in [-0.4, -0.2) is 32.5 Å². The fraction of sp³-hybridized carbons (Fsp3) is 0.333. The van der Waals surface area contributed by atoms with E-state index in [1.54, 1.807) is 0 Å². The number of hydrogen-bond acceptors (Lipinski definition) is 6. The van der Waals surface area contributed by atoms with Crippen molar-refractivity contribution in [1.29, 1.82) is 0 Å². The molecule has 0 heterocycles. The number of carbonyl (C=O) groups excluding carboxylic acids is 1. The predicted molar refractivity (Wildman–Crippen MR) is 117 cm³/mol. The topological polar surface area (TPSA) is 66.3 Å². The van der Waals surface area contributed by atoms with Gasteiger partial charge in [0, 0.05) is 5.56 Å². The molecule has 0 saturated carbocycles. The molecule has 0 spiro atoms. The minimum absolute atomic E-state index is 0.280. The summed E-state index contributed by atoms with van der Waals surface area (Å²) in [5, 5.41) is 4.24. The van der Waals surface area contributed by atoms with Gasteiger partial charge in [-0.3, -0.25) is 0 Å². The highest BCUT2D eigenvalue weighted by Crippen LogP contribution is 2.23. The number of benzene rings is 2. The van der Waals surface area contributed by atoms with Crippen LogP contribution >= 0.6 is 0 Å². The molecule has 0 aliphatic rings. The van der Waals surface area contributed by atoms with Gasteiger partial charge in [0.2, 0.25) is 0 Å². The SMILES string of the molecule is CCCO/N=C(\CC)c1cccc(OCc2ccccc2/C(=C/OC)C(=O)OC)c1. The molecule has 0 N–H and O–H groups in total. The highest BCUT2D eigenvalue weighted by molar-refractivity contribution is 6.16.